The Labute approximate surface area is 80.4 Å². The molecule has 0 aromatic carbocycles. The fourth-order valence-corrected chi connectivity index (χ4v) is 2.56. The van der Waals surface area contributed by atoms with Crippen LogP contribution in [0, 0.1) is 6.92 Å². The number of hydrogen-bond donors (Lipinski definition) is 2. The van der Waals surface area contributed by atoms with Crippen molar-refractivity contribution in [3.63, 3.8) is 0 Å². The summed E-state index contributed by atoms with van der Waals surface area (Å²) < 4.78 is 24.8. The zero-order valence-electron chi connectivity index (χ0n) is 7.49. The Bertz CT molecular complexity index is 532. The summed E-state index contributed by atoms with van der Waals surface area (Å²) in [4.78, 5) is 11.3. The molecule has 7 heteroatoms. The summed E-state index contributed by atoms with van der Waals surface area (Å²) in [6, 6.07) is 0. The van der Waals surface area contributed by atoms with Crippen molar-refractivity contribution in [2.75, 3.05) is 10.5 Å². The number of anilines is 1. The zero-order valence-corrected chi connectivity index (χ0v) is 8.31. The number of H-pyrrole nitrogens is 1. The summed E-state index contributed by atoms with van der Waals surface area (Å²) in [6.07, 6.45) is 0.239. The van der Waals surface area contributed by atoms with Crippen LogP contribution in [0.15, 0.2) is 4.79 Å². The molecule has 2 N–H and O–H groups in total. The third-order valence-corrected chi connectivity index (χ3v) is 3.40. The third kappa shape index (κ3) is 1.39. The standard InChI is InChI=1S/C7H9N3O3S/c1-4-6-5(7(11)9-8-4)2-3-14(12,13)10-6/h10H,2-3H2,1H3,(H,9,11). The number of nitrogens with zero attached hydrogens (tertiary/aromatic N) is 1. The van der Waals surface area contributed by atoms with Crippen molar-refractivity contribution in [3.05, 3.63) is 21.6 Å². The first-order chi connectivity index (χ1) is 6.49. The second-order valence-electron chi connectivity index (χ2n) is 3.16. The SMILES string of the molecule is Cc1n[nH]c(=O)c2c1NS(=O)(=O)CC2. The predicted molar refractivity (Wildman–Crippen MR) is 50.7 cm³/mol. The molecule has 1 aromatic rings. The number of nitrogens with one attached hydrogen (secondary N) is 2. The molecule has 2 rings (SSSR count). The van der Waals surface area contributed by atoms with Gasteiger partial charge in [0.15, 0.2) is 0 Å². The Morgan fingerprint density at radius 1 is 1.43 bits per heavy atom. The van der Waals surface area contributed by atoms with E-state index in [0.29, 0.717) is 16.9 Å². The van der Waals surface area contributed by atoms with E-state index in [-0.39, 0.29) is 17.7 Å². The molecule has 0 amide bonds. The molecular formula is C7H9N3O3S. The molecular weight excluding hydrogens is 206 g/mol. The Morgan fingerprint density at radius 2 is 2.14 bits per heavy atom. The van der Waals surface area contributed by atoms with Gasteiger partial charge in [-0.05, 0) is 13.3 Å². The maximum atomic E-state index is 11.3. The second-order valence-corrected chi connectivity index (χ2v) is 5.00. The highest BCUT2D eigenvalue weighted by atomic mass is 32.2. The molecule has 1 aliphatic rings. The lowest BCUT2D eigenvalue weighted by molar-refractivity contribution is 0.598. The van der Waals surface area contributed by atoms with Crippen LogP contribution >= 0.6 is 0 Å². The Balaban J connectivity index is 2.68. The first-order valence-corrected chi connectivity index (χ1v) is 5.73. The highest BCUT2D eigenvalue weighted by Crippen LogP contribution is 2.21. The zero-order chi connectivity index (χ0) is 10.3. The Kier molecular flexibility index (Phi) is 1.84. The monoisotopic (exact) mass is 215 g/mol. The van der Waals surface area contributed by atoms with Crippen LogP contribution in [0.2, 0.25) is 0 Å². The van der Waals surface area contributed by atoms with Crippen molar-refractivity contribution in [1.82, 2.24) is 10.2 Å². The van der Waals surface area contributed by atoms with Crippen LogP contribution in [0.3, 0.4) is 0 Å². The van der Waals surface area contributed by atoms with Crippen molar-refractivity contribution in [2.24, 2.45) is 0 Å². The summed E-state index contributed by atoms with van der Waals surface area (Å²) in [5.74, 6) is -0.0491. The maximum absolute atomic E-state index is 11.3. The predicted octanol–water partition coefficient (Wildman–Crippen LogP) is -0.624. The van der Waals surface area contributed by atoms with E-state index < -0.39 is 10.0 Å². The van der Waals surface area contributed by atoms with Gasteiger partial charge >= 0.3 is 0 Å². The van der Waals surface area contributed by atoms with Gasteiger partial charge in [-0.25, -0.2) is 13.5 Å². The van der Waals surface area contributed by atoms with Crippen LogP contribution in [0.25, 0.3) is 0 Å². The van der Waals surface area contributed by atoms with Gasteiger partial charge in [-0.15, -0.1) is 0 Å². The largest absolute Gasteiger partial charge is 0.281 e. The lowest BCUT2D eigenvalue weighted by atomic mass is 10.1. The molecule has 1 aromatic heterocycles. The molecule has 0 fully saturated rings. The van der Waals surface area contributed by atoms with Gasteiger partial charge < -0.3 is 0 Å². The number of hydrogen-bond acceptors (Lipinski definition) is 4. The summed E-state index contributed by atoms with van der Waals surface area (Å²) in [5.41, 5.74) is 0.961. The minimum atomic E-state index is -3.28. The fourth-order valence-electron chi connectivity index (χ4n) is 1.41. The third-order valence-electron chi connectivity index (χ3n) is 2.14. The van der Waals surface area contributed by atoms with Gasteiger partial charge in [0, 0.05) is 5.56 Å². The van der Waals surface area contributed by atoms with Crippen molar-refractivity contribution >= 4 is 15.7 Å². The van der Waals surface area contributed by atoms with Crippen molar-refractivity contribution in [3.8, 4) is 0 Å². The van der Waals surface area contributed by atoms with Gasteiger partial charge in [0.25, 0.3) is 5.56 Å². The molecule has 14 heavy (non-hydrogen) atoms. The topological polar surface area (TPSA) is 91.9 Å². The summed E-state index contributed by atoms with van der Waals surface area (Å²) in [7, 11) is -3.28. The van der Waals surface area contributed by atoms with Crippen molar-refractivity contribution < 1.29 is 8.42 Å². The highest BCUT2D eigenvalue weighted by Gasteiger charge is 2.24. The van der Waals surface area contributed by atoms with Crippen LogP contribution in [0.1, 0.15) is 11.3 Å². The molecule has 0 bridgehead atoms. The van der Waals surface area contributed by atoms with E-state index in [9.17, 15) is 13.2 Å². The van der Waals surface area contributed by atoms with Gasteiger partial charge in [0.2, 0.25) is 10.0 Å². The van der Waals surface area contributed by atoms with E-state index in [1.54, 1.807) is 6.92 Å². The Morgan fingerprint density at radius 3 is 2.86 bits per heavy atom. The van der Waals surface area contributed by atoms with Gasteiger partial charge in [-0.2, -0.15) is 5.10 Å². The minimum absolute atomic E-state index is 0.0491. The minimum Gasteiger partial charge on any atom is -0.281 e. The number of aromatic nitrogens is 2. The van der Waals surface area contributed by atoms with Gasteiger partial charge in [-0.1, -0.05) is 0 Å². The number of aryl methyl sites for hydroxylation is 1. The smallest absolute Gasteiger partial charge is 0.269 e. The normalized spacial score (nSPS) is 18.4. The lowest BCUT2D eigenvalue weighted by Crippen LogP contribution is -2.30. The molecule has 76 valence electrons. The van der Waals surface area contributed by atoms with Gasteiger partial charge in [-0.3, -0.25) is 9.52 Å². The molecule has 0 saturated carbocycles. The van der Waals surface area contributed by atoms with E-state index >= 15 is 0 Å². The van der Waals surface area contributed by atoms with E-state index in [1.807, 2.05) is 0 Å². The van der Waals surface area contributed by atoms with Crippen LogP contribution in [-0.2, 0) is 16.4 Å². The Hall–Kier alpha value is -1.37. The van der Waals surface area contributed by atoms with Gasteiger partial charge in [0.1, 0.15) is 0 Å². The number of fused-ring (bicyclic) bond motifs is 1. The highest BCUT2D eigenvalue weighted by molar-refractivity contribution is 7.92. The molecule has 0 radical (unpaired) electrons. The van der Waals surface area contributed by atoms with Crippen LogP contribution in [0.5, 0.6) is 0 Å². The molecule has 0 atom stereocenters. The second kappa shape index (κ2) is 2.81. The summed E-state index contributed by atoms with van der Waals surface area (Å²) in [5, 5.41) is 6.01. The molecule has 0 saturated heterocycles. The van der Waals surface area contributed by atoms with Crippen LogP contribution < -0.4 is 10.3 Å². The molecule has 0 spiro atoms. The molecule has 0 unspecified atom stereocenters. The number of rotatable bonds is 0. The van der Waals surface area contributed by atoms with E-state index in [0.717, 1.165) is 0 Å². The van der Waals surface area contributed by atoms with Crippen LogP contribution in [0.4, 0.5) is 5.69 Å². The average Bonchev–Trinajstić information content (AvgIpc) is 2.10. The average molecular weight is 215 g/mol. The number of aromatic amines is 1. The van der Waals surface area contributed by atoms with E-state index in [1.165, 1.54) is 0 Å². The molecule has 0 aliphatic carbocycles. The first kappa shape index (κ1) is 9.20. The molecule has 6 nitrogen and oxygen atoms in total. The van der Waals surface area contributed by atoms with Crippen molar-refractivity contribution in [2.45, 2.75) is 13.3 Å². The molecule has 2 heterocycles. The maximum Gasteiger partial charge on any atom is 0.269 e. The fraction of sp³-hybridized carbons (Fsp3) is 0.429. The number of sulfonamides is 1. The van der Waals surface area contributed by atoms with Crippen LogP contribution in [-0.4, -0.2) is 24.4 Å². The quantitative estimate of drug-likeness (QED) is 0.603. The lowest BCUT2D eigenvalue weighted by Gasteiger charge is -2.17. The summed E-state index contributed by atoms with van der Waals surface area (Å²) >= 11 is 0. The van der Waals surface area contributed by atoms with Crippen molar-refractivity contribution in [1.29, 1.82) is 0 Å². The summed E-state index contributed by atoms with van der Waals surface area (Å²) in [6.45, 7) is 1.64. The van der Waals surface area contributed by atoms with E-state index in [2.05, 4.69) is 14.9 Å². The molecule has 1 aliphatic heterocycles. The van der Waals surface area contributed by atoms with E-state index in [4.69, 9.17) is 0 Å². The van der Waals surface area contributed by atoms with Gasteiger partial charge in [0.05, 0.1) is 17.1 Å². The first-order valence-electron chi connectivity index (χ1n) is 4.08.